The second-order valence-electron chi connectivity index (χ2n) is 2.93. The fourth-order valence-corrected chi connectivity index (χ4v) is 1.59. The van der Waals surface area contributed by atoms with Crippen LogP contribution in [-0.2, 0) is 7.05 Å². The molecule has 0 saturated carbocycles. The Balaban J connectivity index is 2.53. The number of aryl methyl sites for hydroxylation is 1. The lowest BCUT2D eigenvalue weighted by Gasteiger charge is -2.03. The fraction of sp³-hybridized carbons (Fsp3) is 0.111. The molecule has 0 aliphatic heterocycles. The first kappa shape index (κ1) is 9.21. The van der Waals surface area contributed by atoms with E-state index in [9.17, 15) is 0 Å². The van der Waals surface area contributed by atoms with E-state index in [0.717, 1.165) is 15.7 Å². The van der Waals surface area contributed by atoms with Crippen LogP contribution in [0, 0.1) is 0 Å². The number of anilines is 1. The van der Waals surface area contributed by atoms with Crippen LogP contribution in [0.2, 0.25) is 0 Å². The van der Waals surface area contributed by atoms with Gasteiger partial charge in [-0.15, -0.1) is 0 Å². The van der Waals surface area contributed by atoms with E-state index >= 15 is 0 Å². The second-order valence-corrected chi connectivity index (χ2v) is 3.79. The van der Waals surface area contributed by atoms with Crippen LogP contribution in [0.25, 0.3) is 11.3 Å². The summed E-state index contributed by atoms with van der Waals surface area (Å²) in [4.78, 5) is 4.07. The average molecular weight is 253 g/mol. The normalized spacial score (nSPS) is 10.4. The van der Waals surface area contributed by atoms with Crippen LogP contribution < -0.4 is 5.73 Å². The highest BCUT2D eigenvalue weighted by Gasteiger charge is 2.05. The van der Waals surface area contributed by atoms with Crippen molar-refractivity contribution in [2.75, 3.05) is 5.73 Å². The van der Waals surface area contributed by atoms with E-state index in [1.165, 1.54) is 0 Å². The summed E-state index contributed by atoms with van der Waals surface area (Å²) in [5.74, 6) is 0.496. The zero-order valence-corrected chi connectivity index (χ0v) is 9.19. The topological polar surface area (TPSA) is 56.7 Å². The van der Waals surface area contributed by atoms with Crippen molar-refractivity contribution < 1.29 is 0 Å². The molecule has 0 radical (unpaired) electrons. The zero-order chi connectivity index (χ0) is 10.1. The van der Waals surface area contributed by atoms with Gasteiger partial charge in [0.2, 0.25) is 0 Å². The maximum atomic E-state index is 5.60. The summed E-state index contributed by atoms with van der Waals surface area (Å²) in [7, 11) is 1.89. The number of pyridine rings is 1. The minimum absolute atomic E-state index is 0.496. The number of aromatic nitrogens is 3. The molecule has 0 spiro atoms. The second kappa shape index (κ2) is 3.42. The number of rotatable bonds is 1. The van der Waals surface area contributed by atoms with Gasteiger partial charge in [-0.25, -0.2) is 4.98 Å². The quantitative estimate of drug-likeness (QED) is 0.843. The maximum Gasteiger partial charge on any atom is 0.137 e. The molecule has 0 unspecified atom stereocenters. The van der Waals surface area contributed by atoms with E-state index in [0.29, 0.717) is 5.82 Å². The monoisotopic (exact) mass is 252 g/mol. The Kier molecular flexibility index (Phi) is 2.25. The van der Waals surface area contributed by atoms with Gasteiger partial charge < -0.3 is 5.73 Å². The molecular formula is C9H9BrN4. The van der Waals surface area contributed by atoms with Crippen LogP contribution in [0.5, 0.6) is 0 Å². The highest BCUT2D eigenvalue weighted by atomic mass is 79.9. The Labute approximate surface area is 89.9 Å². The van der Waals surface area contributed by atoms with Gasteiger partial charge >= 0.3 is 0 Å². The summed E-state index contributed by atoms with van der Waals surface area (Å²) in [6.45, 7) is 0. The first-order chi connectivity index (χ1) is 6.68. The van der Waals surface area contributed by atoms with Crippen molar-refractivity contribution in [2.45, 2.75) is 0 Å². The molecule has 2 aromatic heterocycles. The lowest BCUT2D eigenvalue weighted by atomic mass is 10.2. The predicted molar refractivity (Wildman–Crippen MR) is 58.6 cm³/mol. The van der Waals surface area contributed by atoms with Gasteiger partial charge in [0.15, 0.2) is 0 Å². The Morgan fingerprint density at radius 2 is 2.29 bits per heavy atom. The summed E-state index contributed by atoms with van der Waals surface area (Å²) < 4.78 is 2.59. The van der Waals surface area contributed by atoms with Gasteiger partial charge in [-0.1, -0.05) is 0 Å². The van der Waals surface area contributed by atoms with Crippen LogP contribution in [0.15, 0.2) is 29.0 Å². The Hall–Kier alpha value is -1.36. The highest BCUT2D eigenvalue weighted by molar-refractivity contribution is 9.10. The van der Waals surface area contributed by atoms with E-state index in [2.05, 4.69) is 26.0 Å². The summed E-state index contributed by atoms with van der Waals surface area (Å²) in [6.07, 6.45) is 3.48. The van der Waals surface area contributed by atoms with Crippen molar-refractivity contribution in [3.8, 4) is 11.3 Å². The van der Waals surface area contributed by atoms with E-state index < -0.39 is 0 Å². The third-order valence-corrected chi connectivity index (χ3v) is 2.62. The number of hydrogen-bond acceptors (Lipinski definition) is 3. The molecule has 14 heavy (non-hydrogen) atoms. The van der Waals surface area contributed by atoms with E-state index in [1.54, 1.807) is 17.1 Å². The van der Waals surface area contributed by atoms with Gasteiger partial charge in [0.05, 0.1) is 10.2 Å². The molecular weight excluding hydrogens is 244 g/mol. The lowest BCUT2D eigenvalue weighted by molar-refractivity contribution is 0.775. The predicted octanol–water partition coefficient (Wildman–Crippen LogP) is 1.83. The molecule has 2 heterocycles. The number of nitrogens with two attached hydrogens (primary N) is 1. The van der Waals surface area contributed by atoms with Crippen LogP contribution in [0.1, 0.15) is 0 Å². The number of nitrogen functional groups attached to an aromatic ring is 1. The average Bonchev–Trinajstić information content (AvgIpc) is 2.57. The Morgan fingerprint density at radius 3 is 2.86 bits per heavy atom. The zero-order valence-electron chi connectivity index (χ0n) is 7.61. The van der Waals surface area contributed by atoms with Gasteiger partial charge in [0.1, 0.15) is 5.82 Å². The number of halogens is 1. The van der Waals surface area contributed by atoms with Gasteiger partial charge in [-0.2, -0.15) is 5.10 Å². The van der Waals surface area contributed by atoms with Crippen molar-refractivity contribution in [2.24, 2.45) is 7.05 Å². The van der Waals surface area contributed by atoms with Gasteiger partial charge in [-0.3, -0.25) is 4.68 Å². The third kappa shape index (κ3) is 1.50. The molecule has 0 aromatic carbocycles. The van der Waals surface area contributed by atoms with Crippen LogP contribution in [0.4, 0.5) is 5.82 Å². The SMILES string of the molecule is Cn1nccc1-c1cnc(N)c(Br)c1. The first-order valence-corrected chi connectivity index (χ1v) is 4.87. The Morgan fingerprint density at radius 1 is 1.50 bits per heavy atom. The van der Waals surface area contributed by atoms with E-state index in [4.69, 9.17) is 5.73 Å². The molecule has 0 amide bonds. The molecule has 4 nitrogen and oxygen atoms in total. The molecule has 0 bridgehead atoms. The van der Waals surface area contributed by atoms with Crippen LogP contribution in [0.3, 0.4) is 0 Å². The van der Waals surface area contributed by atoms with Crippen molar-refractivity contribution in [3.63, 3.8) is 0 Å². The molecule has 0 aliphatic rings. The molecule has 0 aliphatic carbocycles. The maximum absolute atomic E-state index is 5.60. The summed E-state index contributed by atoms with van der Waals surface area (Å²) in [5.41, 5.74) is 7.60. The van der Waals surface area contributed by atoms with Crippen molar-refractivity contribution in [3.05, 3.63) is 29.0 Å². The third-order valence-electron chi connectivity index (χ3n) is 1.99. The standard InChI is InChI=1S/C9H9BrN4/c1-14-8(2-3-13-14)6-4-7(10)9(11)12-5-6/h2-5H,1H3,(H2,11,12). The van der Waals surface area contributed by atoms with Crippen molar-refractivity contribution in [1.29, 1.82) is 0 Å². The summed E-state index contributed by atoms with van der Waals surface area (Å²) in [6, 6.07) is 3.86. The van der Waals surface area contributed by atoms with Crippen LogP contribution in [-0.4, -0.2) is 14.8 Å². The molecule has 2 rings (SSSR count). The van der Waals surface area contributed by atoms with Gasteiger partial charge in [0, 0.05) is 25.0 Å². The van der Waals surface area contributed by atoms with E-state index in [1.807, 2.05) is 19.2 Å². The smallest absolute Gasteiger partial charge is 0.137 e. The van der Waals surface area contributed by atoms with Gasteiger partial charge in [0.25, 0.3) is 0 Å². The molecule has 5 heteroatoms. The lowest BCUT2D eigenvalue weighted by Crippen LogP contribution is -1.96. The molecule has 0 fully saturated rings. The van der Waals surface area contributed by atoms with Crippen molar-refractivity contribution in [1.82, 2.24) is 14.8 Å². The summed E-state index contributed by atoms with van der Waals surface area (Å²) >= 11 is 3.34. The highest BCUT2D eigenvalue weighted by Crippen LogP contribution is 2.24. The molecule has 2 N–H and O–H groups in total. The number of hydrogen-bond donors (Lipinski definition) is 1. The fourth-order valence-electron chi connectivity index (χ4n) is 1.25. The molecule has 0 atom stereocenters. The van der Waals surface area contributed by atoms with E-state index in [-0.39, 0.29) is 0 Å². The largest absolute Gasteiger partial charge is 0.383 e. The summed E-state index contributed by atoms with van der Waals surface area (Å²) in [5, 5.41) is 4.09. The molecule has 0 saturated heterocycles. The first-order valence-electron chi connectivity index (χ1n) is 4.08. The van der Waals surface area contributed by atoms with Crippen molar-refractivity contribution >= 4 is 21.7 Å². The molecule has 2 aromatic rings. The minimum atomic E-state index is 0.496. The minimum Gasteiger partial charge on any atom is -0.383 e. The molecule has 72 valence electrons. The van der Waals surface area contributed by atoms with Gasteiger partial charge in [-0.05, 0) is 28.1 Å². The number of nitrogens with zero attached hydrogens (tertiary/aromatic N) is 3. The Bertz CT molecular complexity index is 464. The van der Waals surface area contributed by atoms with Crippen LogP contribution >= 0.6 is 15.9 Å².